The fraction of sp³-hybridized carbons (Fsp3) is 0.640. The molecular formula is C25H31Br2NO4. The fourth-order valence-corrected chi connectivity index (χ4v) is 7.55. The standard InChI is InChI=1S/C25H31Br2NO4/c1-2-3-4-5-6-7-8-9-19(29)32-16-12-10-15(11-13-16)28-24(30)20-17-14-18(21(20)25(28)31)23(27)22(17)26/h10-13,17-18,20-23H,2-9,14H2,1H3/t17-,18-,20-,21+,22+,23+/m1/s1. The Kier molecular flexibility index (Phi) is 7.76. The number of halogens is 2. The summed E-state index contributed by atoms with van der Waals surface area (Å²) in [6.45, 7) is 2.20. The van der Waals surface area contributed by atoms with Crippen LogP contribution in [-0.4, -0.2) is 27.4 Å². The van der Waals surface area contributed by atoms with Crippen LogP contribution in [-0.2, 0) is 14.4 Å². The third-order valence-corrected chi connectivity index (χ3v) is 10.5. The molecule has 32 heavy (non-hydrogen) atoms. The number of benzene rings is 1. The molecule has 0 N–H and O–H groups in total. The molecule has 1 aromatic carbocycles. The number of fused-ring (bicyclic) bond motifs is 5. The van der Waals surface area contributed by atoms with Gasteiger partial charge in [0.1, 0.15) is 5.75 Å². The van der Waals surface area contributed by atoms with E-state index >= 15 is 0 Å². The normalized spacial score (nSPS) is 30.8. The lowest BCUT2D eigenvalue weighted by Crippen LogP contribution is -2.37. The molecule has 1 saturated heterocycles. The van der Waals surface area contributed by atoms with Gasteiger partial charge >= 0.3 is 5.97 Å². The van der Waals surface area contributed by atoms with Gasteiger partial charge in [-0.05, 0) is 48.9 Å². The molecule has 4 rings (SSSR count). The summed E-state index contributed by atoms with van der Waals surface area (Å²) in [4.78, 5) is 40.1. The molecule has 2 saturated carbocycles. The minimum Gasteiger partial charge on any atom is -0.427 e. The van der Waals surface area contributed by atoms with E-state index in [1.807, 2.05) is 0 Å². The van der Waals surface area contributed by atoms with E-state index < -0.39 is 0 Å². The van der Waals surface area contributed by atoms with E-state index in [0.717, 1.165) is 25.7 Å². The van der Waals surface area contributed by atoms with Gasteiger partial charge in [0.2, 0.25) is 11.8 Å². The second-order valence-corrected chi connectivity index (χ2v) is 11.5. The maximum atomic E-state index is 13.1. The fourth-order valence-electron chi connectivity index (χ4n) is 5.68. The summed E-state index contributed by atoms with van der Waals surface area (Å²) in [7, 11) is 0. The van der Waals surface area contributed by atoms with Gasteiger partial charge in [0, 0.05) is 16.1 Å². The number of rotatable bonds is 10. The molecule has 3 fully saturated rings. The Balaban J connectivity index is 1.29. The van der Waals surface area contributed by atoms with Crippen LogP contribution in [0, 0.1) is 23.7 Å². The number of hydrogen-bond donors (Lipinski definition) is 0. The molecule has 0 spiro atoms. The minimum absolute atomic E-state index is 0.0972. The zero-order valence-corrected chi connectivity index (χ0v) is 21.6. The van der Waals surface area contributed by atoms with Gasteiger partial charge in [-0.2, -0.15) is 0 Å². The van der Waals surface area contributed by atoms with Crippen molar-refractivity contribution in [2.24, 2.45) is 23.7 Å². The second kappa shape index (κ2) is 10.4. The van der Waals surface area contributed by atoms with Crippen LogP contribution in [0.4, 0.5) is 5.69 Å². The highest BCUT2D eigenvalue weighted by Gasteiger charge is 2.66. The Morgan fingerprint density at radius 3 is 2.00 bits per heavy atom. The molecule has 1 aromatic rings. The SMILES string of the molecule is CCCCCCCCCC(=O)Oc1ccc(N2C(=O)[C@@H]3[C@H]4C[C@@H]([C@H](Br)[C@H]4Br)[C@@H]3C2=O)cc1. The number of carbonyl (C=O) groups is 3. The van der Waals surface area contributed by atoms with Crippen LogP contribution in [0.1, 0.15) is 64.7 Å². The summed E-state index contributed by atoms with van der Waals surface area (Å²) >= 11 is 7.42. The van der Waals surface area contributed by atoms with Gasteiger partial charge in [0.25, 0.3) is 0 Å². The second-order valence-electron chi connectivity index (χ2n) is 9.36. The summed E-state index contributed by atoms with van der Waals surface area (Å²) in [5.41, 5.74) is 0.554. The monoisotopic (exact) mass is 567 g/mol. The van der Waals surface area contributed by atoms with E-state index in [9.17, 15) is 14.4 Å². The van der Waals surface area contributed by atoms with Gasteiger partial charge in [0.15, 0.2) is 0 Å². The molecule has 2 amide bonds. The molecule has 2 aliphatic carbocycles. The number of amides is 2. The lowest BCUT2D eigenvalue weighted by molar-refractivity contribution is -0.134. The summed E-state index contributed by atoms with van der Waals surface area (Å²) in [6.07, 6.45) is 9.40. The molecule has 1 heterocycles. The van der Waals surface area contributed by atoms with E-state index in [-0.39, 0.29) is 51.1 Å². The predicted octanol–water partition coefficient (Wildman–Crippen LogP) is 6.02. The smallest absolute Gasteiger partial charge is 0.311 e. The van der Waals surface area contributed by atoms with Crippen LogP contribution in [0.15, 0.2) is 24.3 Å². The van der Waals surface area contributed by atoms with Crippen LogP contribution >= 0.6 is 31.9 Å². The van der Waals surface area contributed by atoms with Gasteiger partial charge in [-0.15, -0.1) is 0 Å². The summed E-state index contributed by atoms with van der Waals surface area (Å²) < 4.78 is 5.44. The van der Waals surface area contributed by atoms with E-state index in [2.05, 4.69) is 38.8 Å². The molecule has 2 bridgehead atoms. The quantitative estimate of drug-likeness (QED) is 0.114. The number of anilines is 1. The number of unbranched alkanes of at least 4 members (excludes halogenated alkanes) is 6. The molecule has 7 heteroatoms. The number of hydrogen-bond acceptors (Lipinski definition) is 4. The van der Waals surface area contributed by atoms with Crippen LogP contribution in [0.5, 0.6) is 5.75 Å². The molecule has 3 aliphatic rings. The van der Waals surface area contributed by atoms with E-state index in [0.29, 0.717) is 17.9 Å². The lowest BCUT2D eigenvalue weighted by Gasteiger charge is -2.28. The number of alkyl halides is 2. The van der Waals surface area contributed by atoms with E-state index in [1.54, 1.807) is 24.3 Å². The van der Waals surface area contributed by atoms with Crippen molar-refractivity contribution in [3.05, 3.63) is 24.3 Å². The molecule has 174 valence electrons. The number of ether oxygens (including phenoxy) is 1. The van der Waals surface area contributed by atoms with Crippen LogP contribution < -0.4 is 9.64 Å². The van der Waals surface area contributed by atoms with Crippen molar-refractivity contribution in [1.29, 1.82) is 0 Å². The first-order valence-corrected chi connectivity index (χ1v) is 13.7. The van der Waals surface area contributed by atoms with E-state index in [1.165, 1.54) is 30.6 Å². The maximum Gasteiger partial charge on any atom is 0.311 e. The van der Waals surface area contributed by atoms with Crippen LogP contribution in [0.2, 0.25) is 0 Å². The summed E-state index contributed by atoms with van der Waals surface area (Å²) in [6, 6.07) is 6.74. The van der Waals surface area contributed by atoms with Crippen molar-refractivity contribution < 1.29 is 19.1 Å². The van der Waals surface area contributed by atoms with Crippen molar-refractivity contribution in [3.8, 4) is 5.75 Å². The minimum atomic E-state index is -0.238. The van der Waals surface area contributed by atoms with Crippen molar-refractivity contribution in [2.75, 3.05) is 4.90 Å². The van der Waals surface area contributed by atoms with Crippen molar-refractivity contribution in [1.82, 2.24) is 0 Å². The van der Waals surface area contributed by atoms with Crippen molar-refractivity contribution >= 4 is 55.3 Å². The van der Waals surface area contributed by atoms with Gasteiger partial charge < -0.3 is 4.74 Å². The number of carbonyl (C=O) groups excluding carboxylic acids is 3. The molecular weight excluding hydrogens is 538 g/mol. The Morgan fingerprint density at radius 2 is 1.44 bits per heavy atom. The highest BCUT2D eigenvalue weighted by Crippen LogP contribution is 2.60. The van der Waals surface area contributed by atoms with Crippen molar-refractivity contribution in [2.45, 2.75) is 74.4 Å². The topological polar surface area (TPSA) is 63.7 Å². The summed E-state index contributed by atoms with van der Waals surface area (Å²) in [5, 5.41) is 0. The molecule has 1 aliphatic heterocycles. The first-order valence-electron chi connectivity index (χ1n) is 11.9. The Morgan fingerprint density at radius 1 is 0.906 bits per heavy atom. The van der Waals surface area contributed by atoms with Gasteiger partial charge in [0.05, 0.1) is 17.5 Å². The third-order valence-electron chi connectivity index (χ3n) is 7.30. The first kappa shape index (κ1) is 23.9. The predicted molar refractivity (Wildman–Crippen MR) is 131 cm³/mol. The molecule has 6 atom stereocenters. The van der Waals surface area contributed by atoms with Gasteiger partial charge in [-0.3, -0.25) is 19.3 Å². The highest BCUT2D eigenvalue weighted by atomic mass is 79.9. The zero-order chi connectivity index (χ0) is 22.8. The lowest BCUT2D eigenvalue weighted by atomic mass is 9.81. The van der Waals surface area contributed by atoms with Gasteiger partial charge in [-0.1, -0.05) is 77.3 Å². The average Bonchev–Trinajstić information content (AvgIpc) is 3.39. The molecule has 5 nitrogen and oxygen atoms in total. The summed E-state index contributed by atoms with van der Waals surface area (Å²) in [5.74, 6) is -0.0553. The van der Waals surface area contributed by atoms with Crippen molar-refractivity contribution in [3.63, 3.8) is 0 Å². The van der Waals surface area contributed by atoms with Crippen LogP contribution in [0.25, 0.3) is 0 Å². The van der Waals surface area contributed by atoms with Gasteiger partial charge in [-0.25, -0.2) is 0 Å². The largest absolute Gasteiger partial charge is 0.427 e. The highest BCUT2D eigenvalue weighted by molar-refractivity contribution is 9.12. The number of nitrogens with zero attached hydrogens (tertiary/aromatic N) is 1. The Bertz CT molecular complexity index is 826. The number of esters is 1. The first-order chi connectivity index (χ1) is 15.4. The molecule has 0 radical (unpaired) electrons. The zero-order valence-electron chi connectivity index (χ0n) is 18.5. The average molecular weight is 569 g/mol. The third kappa shape index (κ3) is 4.56. The maximum absolute atomic E-state index is 13.1. The Hall–Kier alpha value is -1.21. The van der Waals surface area contributed by atoms with Crippen LogP contribution in [0.3, 0.4) is 0 Å². The number of imide groups is 1. The molecule has 0 unspecified atom stereocenters. The molecule has 0 aromatic heterocycles. The Labute approximate surface area is 206 Å². The van der Waals surface area contributed by atoms with E-state index in [4.69, 9.17) is 4.74 Å².